The Labute approximate surface area is 225 Å². The van der Waals surface area contributed by atoms with Crippen molar-refractivity contribution in [2.75, 3.05) is 0 Å². The molecule has 0 saturated carbocycles. The van der Waals surface area contributed by atoms with Crippen LogP contribution < -0.4 is 10.6 Å². The van der Waals surface area contributed by atoms with Crippen LogP contribution in [-0.2, 0) is 14.3 Å². The topological polar surface area (TPSA) is 87.7 Å². The van der Waals surface area contributed by atoms with Crippen molar-refractivity contribution >= 4 is 17.9 Å². The van der Waals surface area contributed by atoms with E-state index >= 15 is 0 Å². The molecule has 1 aromatic carbocycles. The van der Waals surface area contributed by atoms with Crippen molar-refractivity contribution in [1.29, 1.82) is 0 Å². The number of nitrogens with one attached hydrogen (secondary N) is 2. The quantitative estimate of drug-likeness (QED) is 0.345. The Morgan fingerprint density at radius 1 is 1.00 bits per heavy atom. The van der Waals surface area contributed by atoms with Gasteiger partial charge in [0.15, 0.2) is 0 Å². The van der Waals surface area contributed by atoms with Gasteiger partial charge in [0, 0.05) is 12.1 Å². The maximum Gasteiger partial charge on any atom is 0.408 e. The van der Waals surface area contributed by atoms with Gasteiger partial charge in [-0.05, 0) is 84.8 Å². The van der Waals surface area contributed by atoms with Crippen LogP contribution in [0.25, 0.3) is 0 Å². The minimum Gasteiger partial charge on any atom is -0.444 e. The maximum atomic E-state index is 14.3. The zero-order valence-electron chi connectivity index (χ0n) is 25.0. The van der Waals surface area contributed by atoms with E-state index in [4.69, 9.17) is 4.74 Å². The first-order valence-electron chi connectivity index (χ1n) is 13.8. The van der Waals surface area contributed by atoms with E-state index < -0.39 is 23.8 Å². The number of ether oxygens (including phenoxy) is 1. The Morgan fingerprint density at radius 3 is 2.14 bits per heavy atom. The van der Waals surface area contributed by atoms with Crippen molar-refractivity contribution in [1.82, 2.24) is 15.5 Å². The van der Waals surface area contributed by atoms with Crippen LogP contribution in [0.4, 0.5) is 4.79 Å². The molecule has 0 heterocycles. The monoisotopic (exact) mass is 517 g/mol. The van der Waals surface area contributed by atoms with E-state index in [9.17, 15) is 14.4 Å². The fourth-order valence-electron chi connectivity index (χ4n) is 4.42. The van der Waals surface area contributed by atoms with Crippen LogP contribution in [-0.4, -0.2) is 46.5 Å². The number of rotatable bonds is 12. The second-order valence-electron chi connectivity index (χ2n) is 11.8. The van der Waals surface area contributed by atoms with Crippen LogP contribution >= 0.6 is 0 Å². The second-order valence-corrected chi connectivity index (χ2v) is 11.8. The van der Waals surface area contributed by atoms with Crippen LogP contribution in [0, 0.1) is 19.8 Å². The van der Waals surface area contributed by atoms with E-state index in [1.807, 2.05) is 66.7 Å². The maximum absolute atomic E-state index is 14.3. The van der Waals surface area contributed by atoms with E-state index in [1.54, 1.807) is 25.7 Å². The van der Waals surface area contributed by atoms with Gasteiger partial charge in [0.05, 0.1) is 0 Å². The third-order valence-electron chi connectivity index (χ3n) is 6.38. The van der Waals surface area contributed by atoms with E-state index in [0.29, 0.717) is 12.8 Å². The largest absolute Gasteiger partial charge is 0.444 e. The number of aryl methyl sites for hydroxylation is 2. The summed E-state index contributed by atoms with van der Waals surface area (Å²) in [6.07, 6.45) is 2.24. The Morgan fingerprint density at radius 2 is 1.62 bits per heavy atom. The number of carbonyl (C=O) groups is 3. The molecular formula is C30H51N3O4. The molecule has 1 rings (SSSR count). The SMILES string of the molecule is CCCC(C)NC(=O)C(c1cc(C)ccc1C)N(C(=O)C(CC(C)C)NC(=O)OC(C)(C)C)C(C)CC. The van der Waals surface area contributed by atoms with Crippen LogP contribution in [0.15, 0.2) is 18.2 Å². The van der Waals surface area contributed by atoms with Gasteiger partial charge in [0.1, 0.15) is 17.7 Å². The lowest BCUT2D eigenvalue weighted by atomic mass is 9.93. The highest BCUT2D eigenvalue weighted by atomic mass is 16.6. The predicted octanol–water partition coefficient (Wildman–Crippen LogP) is 6.22. The van der Waals surface area contributed by atoms with E-state index in [-0.39, 0.29) is 29.8 Å². The summed E-state index contributed by atoms with van der Waals surface area (Å²) in [5, 5.41) is 5.96. The predicted molar refractivity (Wildman–Crippen MR) is 150 cm³/mol. The summed E-state index contributed by atoms with van der Waals surface area (Å²) < 4.78 is 5.47. The van der Waals surface area contributed by atoms with Gasteiger partial charge in [-0.15, -0.1) is 0 Å². The molecule has 0 bridgehead atoms. The highest BCUT2D eigenvalue weighted by Gasteiger charge is 2.39. The third-order valence-corrected chi connectivity index (χ3v) is 6.38. The molecule has 0 fully saturated rings. The summed E-state index contributed by atoms with van der Waals surface area (Å²) in [5.74, 6) is -0.345. The molecule has 0 aliphatic heterocycles. The number of benzene rings is 1. The number of hydrogen-bond donors (Lipinski definition) is 2. The van der Waals surface area contributed by atoms with E-state index in [0.717, 1.165) is 29.5 Å². The number of amides is 3. The van der Waals surface area contributed by atoms with E-state index in [2.05, 4.69) is 17.6 Å². The minimum absolute atomic E-state index is 0.0228. The number of alkyl carbamates (subject to hydrolysis) is 1. The zero-order valence-corrected chi connectivity index (χ0v) is 25.0. The summed E-state index contributed by atoms with van der Waals surface area (Å²) in [4.78, 5) is 42.6. The molecule has 37 heavy (non-hydrogen) atoms. The standard InChI is InChI=1S/C30H51N3O4/c1-12-14-22(7)31-27(34)26(24-18-20(5)15-16-21(24)6)33(23(8)13-2)28(35)25(17-19(3)4)32-29(36)37-30(9,10)11/h15-16,18-19,22-23,25-26H,12-14,17H2,1-11H3,(H,31,34)(H,32,36). The first-order valence-corrected chi connectivity index (χ1v) is 13.8. The molecule has 210 valence electrons. The summed E-state index contributed by atoms with van der Waals surface area (Å²) in [6.45, 7) is 21.4. The molecule has 0 aliphatic carbocycles. The first kappa shape index (κ1) is 32.5. The summed E-state index contributed by atoms with van der Waals surface area (Å²) in [7, 11) is 0. The fourth-order valence-corrected chi connectivity index (χ4v) is 4.42. The van der Waals surface area contributed by atoms with Crippen LogP contribution in [0.2, 0.25) is 0 Å². The lowest BCUT2D eigenvalue weighted by Crippen LogP contribution is -2.56. The Kier molecular flexibility index (Phi) is 12.6. The van der Waals surface area contributed by atoms with Gasteiger partial charge >= 0.3 is 6.09 Å². The van der Waals surface area contributed by atoms with Gasteiger partial charge in [-0.1, -0.05) is 57.9 Å². The minimum atomic E-state index is -0.822. The van der Waals surface area contributed by atoms with Gasteiger partial charge < -0.3 is 20.3 Å². The molecule has 2 N–H and O–H groups in total. The first-order chi connectivity index (χ1) is 17.1. The van der Waals surface area contributed by atoms with Crippen molar-refractivity contribution in [3.05, 3.63) is 34.9 Å². The highest BCUT2D eigenvalue weighted by Crippen LogP contribution is 2.30. The van der Waals surface area contributed by atoms with Gasteiger partial charge in [-0.3, -0.25) is 9.59 Å². The number of hydrogen-bond acceptors (Lipinski definition) is 4. The molecule has 7 nitrogen and oxygen atoms in total. The smallest absolute Gasteiger partial charge is 0.408 e. The van der Waals surface area contributed by atoms with Crippen molar-refractivity contribution in [3.63, 3.8) is 0 Å². The Balaban J connectivity index is 3.62. The Bertz CT molecular complexity index is 907. The van der Waals surface area contributed by atoms with Crippen molar-refractivity contribution in [3.8, 4) is 0 Å². The molecule has 0 aromatic heterocycles. The number of nitrogens with zero attached hydrogens (tertiary/aromatic N) is 1. The summed E-state index contributed by atoms with van der Waals surface area (Å²) in [5.41, 5.74) is 2.07. The molecule has 0 saturated heterocycles. The lowest BCUT2D eigenvalue weighted by molar-refractivity contribution is -0.145. The third kappa shape index (κ3) is 10.4. The molecule has 7 heteroatoms. The molecule has 0 radical (unpaired) electrons. The molecular weight excluding hydrogens is 466 g/mol. The molecule has 0 aliphatic rings. The van der Waals surface area contributed by atoms with Crippen molar-refractivity contribution in [2.45, 2.75) is 132 Å². The van der Waals surface area contributed by atoms with E-state index in [1.165, 1.54) is 0 Å². The highest BCUT2D eigenvalue weighted by molar-refractivity contribution is 5.92. The Hall–Kier alpha value is -2.57. The van der Waals surface area contributed by atoms with Crippen molar-refractivity contribution < 1.29 is 19.1 Å². The average Bonchev–Trinajstić information content (AvgIpc) is 2.76. The number of carbonyl (C=O) groups excluding carboxylic acids is 3. The molecule has 4 atom stereocenters. The van der Waals surface area contributed by atoms with Crippen LogP contribution in [0.1, 0.15) is 111 Å². The van der Waals surface area contributed by atoms with Crippen molar-refractivity contribution in [2.24, 2.45) is 5.92 Å². The molecule has 3 amide bonds. The van der Waals surface area contributed by atoms with Gasteiger partial charge in [0.25, 0.3) is 0 Å². The average molecular weight is 518 g/mol. The second kappa shape index (κ2) is 14.4. The van der Waals surface area contributed by atoms with Gasteiger partial charge in [-0.25, -0.2) is 4.79 Å². The van der Waals surface area contributed by atoms with Crippen LogP contribution in [0.3, 0.4) is 0 Å². The summed E-state index contributed by atoms with van der Waals surface area (Å²) >= 11 is 0. The lowest BCUT2D eigenvalue weighted by Gasteiger charge is -2.39. The van der Waals surface area contributed by atoms with Gasteiger partial charge in [-0.2, -0.15) is 0 Å². The molecule has 4 unspecified atom stereocenters. The molecule has 1 aromatic rings. The normalized spacial score (nSPS) is 14.9. The summed E-state index contributed by atoms with van der Waals surface area (Å²) in [6, 6.07) is 4.09. The molecule has 0 spiro atoms. The fraction of sp³-hybridized carbons (Fsp3) is 0.700. The van der Waals surface area contributed by atoms with Crippen LogP contribution in [0.5, 0.6) is 0 Å². The van der Waals surface area contributed by atoms with Gasteiger partial charge in [0.2, 0.25) is 11.8 Å². The zero-order chi connectivity index (χ0) is 28.5.